The van der Waals surface area contributed by atoms with E-state index in [9.17, 15) is 24.3 Å². The molecular weight excluding hydrogens is 534 g/mol. The number of aryl methyl sites for hydroxylation is 1. The first-order valence-corrected chi connectivity index (χ1v) is 13.1. The summed E-state index contributed by atoms with van der Waals surface area (Å²) in [6.45, 7) is 2.00. The molecule has 4 aliphatic rings. The second-order valence-electron chi connectivity index (χ2n) is 10.2. The van der Waals surface area contributed by atoms with Crippen molar-refractivity contribution in [2.45, 2.75) is 32.2 Å². The minimum absolute atomic E-state index is 0.143. The lowest BCUT2D eigenvalue weighted by molar-refractivity contribution is -0.140. The van der Waals surface area contributed by atoms with Crippen LogP contribution in [0.1, 0.15) is 35.4 Å². The highest BCUT2D eigenvalue weighted by Crippen LogP contribution is 2.55. The average Bonchev–Trinajstić information content (AvgIpc) is 3.13. The minimum Gasteiger partial charge on any atom is -0.508 e. The van der Waals surface area contributed by atoms with Crippen molar-refractivity contribution >= 4 is 39.3 Å². The standard InChI is InChI=1S/C30H24BrNO5/c1-15-11-17(7-10-23(15)33)25-18-8-9-19-26(20(18)12-21-27(25)24(34)13-22(31)28(21)35)30(37)32(29(19)36)14-16-5-3-2-4-6-16/h2-8,10-11,13,19-20,25-26,33H,9,12,14H2,1H3/t19-,20+,25-,26-/m0/s1. The number of rotatable bonds is 3. The summed E-state index contributed by atoms with van der Waals surface area (Å²) in [7, 11) is 0. The predicted molar refractivity (Wildman–Crippen MR) is 139 cm³/mol. The van der Waals surface area contributed by atoms with Gasteiger partial charge in [-0.3, -0.25) is 24.1 Å². The molecule has 1 heterocycles. The molecule has 0 saturated carbocycles. The maximum absolute atomic E-state index is 13.8. The lowest BCUT2D eigenvalue weighted by atomic mass is 9.59. The van der Waals surface area contributed by atoms with Gasteiger partial charge in [0.15, 0.2) is 11.6 Å². The summed E-state index contributed by atoms with van der Waals surface area (Å²) in [4.78, 5) is 55.1. The van der Waals surface area contributed by atoms with Crippen LogP contribution in [0.2, 0.25) is 0 Å². The number of hydrogen-bond donors (Lipinski definition) is 1. The van der Waals surface area contributed by atoms with E-state index in [0.29, 0.717) is 23.1 Å². The fourth-order valence-electron chi connectivity index (χ4n) is 6.43. The van der Waals surface area contributed by atoms with E-state index in [1.54, 1.807) is 19.1 Å². The molecule has 186 valence electrons. The molecule has 6 rings (SSSR count). The van der Waals surface area contributed by atoms with Gasteiger partial charge in [0.1, 0.15) is 5.75 Å². The normalized spacial score (nSPS) is 27.0. The molecule has 6 nitrogen and oxygen atoms in total. The van der Waals surface area contributed by atoms with E-state index in [-0.39, 0.29) is 52.5 Å². The fraction of sp³-hybridized carbons (Fsp3) is 0.267. The number of fused-ring (bicyclic) bond motifs is 3. The van der Waals surface area contributed by atoms with Crippen molar-refractivity contribution in [3.63, 3.8) is 0 Å². The number of halogens is 1. The summed E-state index contributed by atoms with van der Waals surface area (Å²) in [5.41, 5.74) is 4.05. The first kappa shape index (κ1) is 23.8. The van der Waals surface area contributed by atoms with Gasteiger partial charge in [-0.15, -0.1) is 0 Å². The number of ketones is 2. The Balaban J connectivity index is 1.45. The van der Waals surface area contributed by atoms with Crippen LogP contribution >= 0.6 is 15.9 Å². The molecule has 1 N–H and O–H groups in total. The van der Waals surface area contributed by atoms with Crippen molar-refractivity contribution in [3.05, 3.63) is 98.6 Å². The summed E-state index contributed by atoms with van der Waals surface area (Å²) < 4.78 is 0.205. The van der Waals surface area contributed by atoms with E-state index in [2.05, 4.69) is 15.9 Å². The highest BCUT2D eigenvalue weighted by Gasteiger charge is 2.56. The number of phenolic OH excluding ortho intramolecular Hbond substituents is 1. The van der Waals surface area contributed by atoms with Crippen LogP contribution in [0, 0.1) is 24.7 Å². The molecule has 0 aromatic heterocycles. The molecule has 0 bridgehead atoms. The number of likely N-dealkylation sites (tertiary alicyclic amines) is 1. The number of nitrogens with zero attached hydrogens (tertiary/aromatic N) is 1. The Hall–Kier alpha value is -3.58. The third-order valence-electron chi connectivity index (χ3n) is 8.16. The number of allylic oxidation sites excluding steroid dienone is 6. The van der Waals surface area contributed by atoms with Crippen LogP contribution in [-0.2, 0) is 25.7 Å². The quantitative estimate of drug-likeness (QED) is 0.336. The van der Waals surface area contributed by atoms with Gasteiger partial charge in [0.2, 0.25) is 11.8 Å². The maximum Gasteiger partial charge on any atom is 0.234 e. The Morgan fingerprint density at radius 3 is 2.49 bits per heavy atom. The van der Waals surface area contributed by atoms with E-state index in [0.717, 1.165) is 16.7 Å². The topological polar surface area (TPSA) is 91.8 Å². The van der Waals surface area contributed by atoms with E-state index in [1.165, 1.54) is 11.0 Å². The molecule has 0 spiro atoms. The van der Waals surface area contributed by atoms with E-state index < -0.39 is 17.8 Å². The van der Waals surface area contributed by atoms with Gasteiger partial charge in [-0.2, -0.15) is 0 Å². The Bertz CT molecular complexity index is 1480. The minimum atomic E-state index is -0.585. The van der Waals surface area contributed by atoms with Crippen LogP contribution in [0.3, 0.4) is 0 Å². The van der Waals surface area contributed by atoms with Crippen molar-refractivity contribution in [2.24, 2.45) is 17.8 Å². The zero-order valence-electron chi connectivity index (χ0n) is 20.1. The molecule has 0 radical (unpaired) electrons. The molecule has 2 amide bonds. The highest BCUT2D eigenvalue weighted by atomic mass is 79.9. The van der Waals surface area contributed by atoms with Gasteiger partial charge in [-0.05, 0) is 64.4 Å². The van der Waals surface area contributed by atoms with Crippen molar-refractivity contribution in [1.82, 2.24) is 4.90 Å². The van der Waals surface area contributed by atoms with E-state index >= 15 is 0 Å². The number of aromatic hydroxyl groups is 1. The number of carbonyl (C=O) groups excluding carboxylic acids is 4. The first-order valence-electron chi connectivity index (χ1n) is 12.3. The number of phenols is 1. The Morgan fingerprint density at radius 2 is 1.76 bits per heavy atom. The smallest absolute Gasteiger partial charge is 0.234 e. The summed E-state index contributed by atoms with van der Waals surface area (Å²) in [5.74, 6) is -2.71. The summed E-state index contributed by atoms with van der Waals surface area (Å²) >= 11 is 3.25. The molecule has 2 aromatic rings. The zero-order valence-corrected chi connectivity index (χ0v) is 21.7. The highest BCUT2D eigenvalue weighted by molar-refractivity contribution is 9.12. The van der Waals surface area contributed by atoms with Gasteiger partial charge in [0.25, 0.3) is 0 Å². The van der Waals surface area contributed by atoms with Crippen molar-refractivity contribution in [1.29, 1.82) is 0 Å². The molecule has 7 heteroatoms. The Labute approximate surface area is 222 Å². The van der Waals surface area contributed by atoms with Gasteiger partial charge in [-0.25, -0.2) is 0 Å². The van der Waals surface area contributed by atoms with Crippen molar-refractivity contribution in [3.8, 4) is 5.75 Å². The van der Waals surface area contributed by atoms with E-state index in [1.807, 2.05) is 42.5 Å². The number of imide groups is 1. The summed E-state index contributed by atoms with van der Waals surface area (Å²) in [6, 6.07) is 14.6. The van der Waals surface area contributed by atoms with Crippen LogP contribution in [0.4, 0.5) is 0 Å². The van der Waals surface area contributed by atoms with Crippen LogP contribution in [0.25, 0.3) is 0 Å². The SMILES string of the molecule is Cc1cc([C@H]2C3=CC[C@@H]4C(=O)N(Cc5ccccc5)C(=O)[C@@H]4[C@@H]3CC3=C2C(=O)C=C(Br)C3=O)ccc1O. The second kappa shape index (κ2) is 8.77. The largest absolute Gasteiger partial charge is 0.508 e. The molecular formula is C30H24BrNO5. The zero-order chi connectivity index (χ0) is 26.0. The molecule has 2 aromatic carbocycles. The molecule has 1 fully saturated rings. The second-order valence-corrected chi connectivity index (χ2v) is 11.0. The lowest BCUT2D eigenvalue weighted by Gasteiger charge is -2.42. The van der Waals surface area contributed by atoms with E-state index in [4.69, 9.17) is 0 Å². The Morgan fingerprint density at radius 1 is 1.00 bits per heavy atom. The molecule has 1 saturated heterocycles. The lowest BCUT2D eigenvalue weighted by Crippen LogP contribution is -2.39. The molecule has 4 atom stereocenters. The fourth-order valence-corrected chi connectivity index (χ4v) is 6.88. The number of amides is 2. The third kappa shape index (κ3) is 3.67. The number of carbonyl (C=O) groups is 4. The van der Waals surface area contributed by atoms with Crippen molar-refractivity contribution < 1.29 is 24.3 Å². The Kier molecular flexibility index (Phi) is 5.64. The third-order valence-corrected chi connectivity index (χ3v) is 8.75. The number of Topliss-reactive ketones (excluding diaryl/α,β-unsaturated/α-hetero) is 1. The van der Waals surface area contributed by atoms with Crippen LogP contribution in [0.5, 0.6) is 5.75 Å². The van der Waals surface area contributed by atoms with Crippen molar-refractivity contribution in [2.75, 3.05) is 0 Å². The number of benzene rings is 2. The molecule has 3 aliphatic carbocycles. The predicted octanol–water partition coefficient (Wildman–Crippen LogP) is 4.66. The van der Waals surface area contributed by atoms with Crippen LogP contribution < -0.4 is 0 Å². The van der Waals surface area contributed by atoms with Crippen LogP contribution in [-0.4, -0.2) is 33.4 Å². The van der Waals surface area contributed by atoms with Gasteiger partial charge < -0.3 is 5.11 Å². The molecule has 1 aliphatic heterocycles. The molecule has 0 unspecified atom stereocenters. The van der Waals surface area contributed by atoms with Crippen LogP contribution in [0.15, 0.2) is 81.9 Å². The summed E-state index contributed by atoms with van der Waals surface area (Å²) in [5, 5.41) is 10.1. The van der Waals surface area contributed by atoms with Gasteiger partial charge in [-0.1, -0.05) is 54.1 Å². The van der Waals surface area contributed by atoms with Gasteiger partial charge >= 0.3 is 0 Å². The molecule has 37 heavy (non-hydrogen) atoms. The first-order chi connectivity index (χ1) is 17.8. The summed E-state index contributed by atoms with van der Waals surface area (Å²) in [6.07, 6.45) is 3.97. The maximum atomic E-state index is 13.8. The number of hydrogen-bond acceptors (Lipinski definition) is 5. The average molecular weight is 558 g/mol. The van der Waals surface area contributed by atoms with Gasteiger partial charge in [0, 0.05) is 23.1 Å². The van der Waals surface area contributed by atoms with Gasteiger partial charge in [0.05, 0.1) is 22.9 Å². The monoisotopic (exact) mass is 557 g/mol.